The molecule has 4 heteroatoms. The van der Waals surface area contributed by atoms with Crippen molar-refractivity contribution in [2.24, 2.45) is 0 Å². The predicted molar refractivity (Wildman–Crippen MR) is 79.4 cm³/mol. The van der Waals surface area contributed by atoms with Gasteiger partial charge in [-0.05, 0) is 37.3 Å². The van der Waals surface area contributed by atoms with E-state index in [2.05, 4.69) is 20.2 Å². The third-order valence-corrected chi connectivity index (χ3v) is 3.39. The van der Waals surface area contributed by atoms with E-state index in [4.69, 9.17) is 0 Å². The molecule has 0 aliphatic rings. The van der Waals surface area contributed by atoms with Gasteiger partial charge in [-0.1, -0.05) is 18.2 Å². The third kappa shape index (κ3) is 1.66. The average molecular weight is 260 g/mol. The molecular formula is C16H12N4. The number of fused-ring (bicyclic) bond motifs is 2. The number of nitrogens with one attached hydrogen (secondary N) is 1. The molecule has 0 saturated heterocycles. The van der Waals surface area contributed by atoms with Crippen LogP contribution >= 0.6 is 0 Å². The van der Waals surface area contributed by atoms with E-state index in [1.54, 1.807) is 0 Å². The minimum Gasteiger partial charge on any atom is -0.277 e. The summed E-state index contributed by atoms with van der Waals surface area (Å²) in [6.45, 7) is 1.98. The number of aryl methyl sites for hydroxylation is 1. The highest BCUT2D eigenvalue weighted by Gasteiger charge is 2.09. The fourth-order valence-electron chi connectivity index (χ4n) is 2.40. The molecule has 0 saturated carbocycles. The van der Waals surface area contributed by atoms with Crippen LogP contribution in [0.15, 0.2) is 48.5 Å². The average Bonchev–Trinajstić information content (AvgIpc) is 2.91. The highest BCUT2D eigenvalue weighted by molar-refractivity contribution is 5.92. The molecule has 0 radical (unpaired) electrons. The lowest BCUT2D eigenvalue weighted by Crippen LogP contribution is -1.89. The number of hydrogen-bond donors (Lipinski definition) is 1. The Labute approximate surface area is 115 Å². The Hall–Kier alpha value is -2.75. The second kappa shape index (κ2) is 4.13. The van der Waals surface area contributed by atoms with Gasteiger partial charge in [0.1, 0.15) is 5.69 Å². The lowest BCUT2D eigenvalue weighted by molar-refractivity contribution is 1.11. The van der Waals surface area contributed by atoms with Crippen LogP contribution in [0.4, 0.5) is 0 Å². The van der Waals surface area contributed by atoms with Crippen molar-refractivity contribution in [2.75, 3.05) is 0 Å². The third-order valence-electron chi connectivity index (χ3n) is 3.39. The Balaban J connectivity index is 1.96. The van der Waals surface area contributed by atoms with Gasteiger partial charge in [0.15, 0.2) is 0 Å². The maximum atomic E-state index is 4.66. The molecule has 0 unspecified atom stereocenters. The number of nitrogens with zero attached hydrogens (tertiary/aromatic N) is 3. The molecule has 3 heterocycles. The zero-order valence-corrected chi connectivity index (χ0v) is 11.0. The van der Waals surface area contributed by atoms with Crippen LogP contribution in [0.1, 0.15) is 5.69 Å². The molecular weight excluding hydrogens is 248 g/mol. The molecule has 0 atom stereocenters. The van der Waals surface area contributed by atoms with Crippen molar-refractivity contribution < 1.29 is 0 Å². The van der Waals surface area contributed by atoms with Crippen LogP contribution in [-0.4, -0.2) is 20.2 Å². The Bertz CT molecular complexity index is 924. The summed E-state index contributed by atoms with van der Waals surface area (Å²) in [5.41, 5.74) is 5.56. The van der Waals surface area contributed by atoms with Crippen LogP contribution in [-0.2, 0) is 0 Å². The Morgan fingerprint density at radius 3 is 2.60 bits per heavy atom. The van der Waals surface area contributed by atoms with Gasteiger partial charge in [-0.2, -0.15) is 5.10 Å². The highest BCUT2D eigenvalue weighted by Crippen LogP contribution is 2.25. The number of aromatic nitrogens is 4. The minimum atomic E-state index is 0.862. The molecule has 4 rings (SSSR count). The van der Waals surface area contributed by atoms with Crippen LogP contribution in [0.2, 0.25) is 0 Å². The zero-order chi connectivity index (χ0) is 13.5. The largest absolute Gasteiger partial charge is 0.277 e. The van der Waals surface area contributed by atoms with E-state index in [0.717, 1.165) is 39.0 Å². The minimum absolute atomic E-state index is 0.862. The van der Waals surface area contributed by atoms with Crippen molar-refractivity contribution in [1.82, 2.24) is 20.2 Å². The van der Waals surface area contributed by atoms with Crippen LogP contribution in [0, 0.1) is 6.92 Å². The molecule has 0 bridgehead atoms. The van der Waals surface area contributed by atoms with Gasteiger partial charge >= 0.3 is 0 Å². The standard InChI is InChI=1S/C16H12N4/c1-10-6-7-14-13(17-10)8-9-15(18-14)16-11-4-2-3-5-12(11)19-20-16/h2-9H,1H3,(H,19,20). The van der Waals surface area contributed by atoms with E-state index in [-0.39, 0.29) is 0 Å². The summed E-state index contributed by atoms with van der Waals surface area (Å²) in [6, 6.07) is 16.0. The topological polar surface area (TPSA) is 54.5 Å². The number of para-hydroxylation sites is 1. The molecule has 1 aromatic carbocycles. The smallest absolute Gasteiger partial charge is 0.118 e. The zero-order valence-electron chi connectivity index (χ0n) is 11.0. The SMILES string of the molecule is Cc1ccc2nc(-c3n[nH]c4ccccc34)ccc2n1. The summed E-state index contributed by atoms with van der Waals surface area (Å²) in [5.74, 6) is 0. The number of H-pyrrole nitrogens is 1. The number of benzene rings is 1. The number of rotatable bonds is 1. The fourth-order valence-corrected chi connectivity index (χ4v) is 2.40. The number of pyridine rings is 2. The van der Waals surface area contributed by atoms with E-state index >= 15 is 0 Å². The van der Waals surface area contributed by atoms with Gasteiger partial charge in [0.05, 0.1) is 22.2 Å². The summed E-state index contributed by atoms with van der Waals surface area (Å²) < 4.78 is 0. The van der Waals surface area contributed by atoms with Gasteiger partial charge in [-0.15, -0.1) is 0 Å². The van der Waals surface area contributed by atoms with Crippen molar-refractivity contribution in [3.8, 4) is 11.4 Å². The van der Waals surface area contributed by atoms with Crippen molar-refractivity contribution >= 4 is 21.9 Å². The van der Waals surface area contributed by atoms with Crippen LogP contribution in [0.3, 0.4) is 0 Å². The summed E-state index contributed by atoms with van der Waals surface area (Å²) in [4.78, 5) is 9.13. The predicted octanol–water partition coefficient (Wildman–Crippen LogP) is 3.48. The highest BCUT2D eigenvalue weighted by atomic mass is 15.1. The maximum absolute atomic E-state index is 4.66. The van der Waals surface area contributed by atoms with Gasteiger partial charge in [0.2, 0.25) is 0 Å². The Morgan fingerprint density at radius 1 is 0.850 bits per heavy atom. The Morgan fingerprint density at radius 2 is 1.65 bits per heavy atom. The lowest BCUT2D eigenvalue weighted by Gasteiger charge is -2.01. The molecule has 0 aliphatic carbocycles. The first-order chi connectivity index (χ1) is 9.81. The second-order valence-electron chi connectivity index (χ2n) is 4.81. The molecule has 1 N–H and O–H groups in total. The van der Waals surface area contributed by atoms with E-state index < -0.39 is 0 Å². The molecule has 0 spiro atoms. The first-order valence-electron chi connectivity index (χ1n) is 6.49. The fraction of sp³-hybridized carbons (Fsp3) is 0.0625. The molecule has 4 aromatic rings. The first-order valence-corrected chi connectivity index (χ1v) is 6.49. The van der Waals surface area contributed by atoms with E-state index in [1.165, 1.54) is 0 Å². The van der Waals surface area contributed by atoms with Crippen molar-refractivity contribution in [2.45, 2.75) is 6.92 Å². The lowest BCUT2D eigenvalue weighted by atomic mass is 10.1. The van der Waals surface area contributed by atoms with E-state index in [9.17, 15) is 0 Å². The van der Waals surface area contributed by atoms with Crippen LogP contribution in [0.25, 0.3) is 33.3 Å². The van der Waals surface area contributed by atoms with Crippen molar-refractivity contribution in [1.29, 1.82) is 0 Å². The van der Waals surface area contributed by atoms with Gasteiger partial charge < -0.3 is 0 Å². The van der Waals surface area contributed by atoms with Gasteiger partial charge in [-0.25, -0.2) is 4.98 Å². The molecule has 0 fully saturated rings. The molecule has 20 heavy (non-hydrogen) atoms. The second-order valence-corrected chi connectivity index (χ2v) is 4.81. The van der Waals surface area contributed by atoms with E-state index in [0.29, 0.717) is 0 Å². The summed E-state index contributed by atoms with van der Waals surface area (Å²) in [6.07, 6.45) is 0. The van der Waals surface area contributed by atoms with Gasteiger partial charge in [0, 0.05) is 11.1 Å². The first kappa shape index (κ1) is 11.1. The van der Waals surface area contributed by atoms with Gasteiger partial charge in [0.25, 0.3) is 0 Å². The van der Waals surface area contributed by atoms with E-state index in [1.807, 2.05) is 55.5 Å². The van der Waals surface area contributed by atoms with Crippen LogP contribution < -0.4 is 0 Å². The van der Waals surface area contributed by atoms with Gasteiger partial charge in [-0.3, -0.25) is 10.1 Å². The molecule has 0 amide bonds. The molecule has 0 aliphatic heterocycles. The maximum Gasteiger partial charge on any atom is 0.118 e. The molecule has 4 nitrogen and oxygen atoms in total. The number of hydrogen-bond acceptors (Lipinski definition) is 3. The molecule has 96 valence electrons. The number of aromatic amines is 1. The van der Waals surface area contributed by atoms with Crippen molar-refractivity contribution in [3.05, 3.63) is 54.2 Å². The quantitative estimate of drug-likeness (QED) is 0.570. The molecule has 3 aromatic heterocycles. The van der Waals surface area contributed by atoms with Crippen LogP contribution in [0.5, 0.6) is 0 Å². The monoisotopic (exact) mass is 260 g/mol. The normalized spacial score (nSPS) is 11.2. The van der Waals surface area contributed by atoms with Crippen molar-refractivity contribution in [3.63, 3.8) is 0 Å². The summed E-state index contributed by atoms with van der Waals surface area (Å²) >= 11 is 0. The summed E-state index contributed by atoms with van der Waals surface area (Å²) in [5, 5.41) is 8.50. The Kier molecular flexibility index (Phi) is 2.29. The summed E-state index contributed by atoms with van der Waals surface area (Å²) in [7, 11) is 0.